The van der Waals surface area contributed by atoms with Crippen molar-refractivity contribution < 1.29 is 5.11 Å². The average Bonchev–Trinajstić information content (AvgIpc) is 2.39. The molecule has 0 saturated carbocycles. The smallest absolute Gasteiger partial charge is 0.0913 e. The third-order valence-electron chi connectivity index (χ3n) is 3.64. The first-order valence-corrected chi connectivity index (χ1v) is 7.71. The first-order chi connectivity index (χ1) is 9.08. The maximum Gasteiger partial charge on any atom is 0.0913 e. The van der Waals surface area contributed by atoms with E-state index < -0.39 is 5.60 Å². The Bertz CT molecular complexity index is 336. The van der Waals surface area contributed by atoms with Gasteiger partial charge in [-0.05, 0) is 24.8 Å². The van der Waals surface area contributed by atoms with Crippen molar-refractivity contribution in [3.05, 3.63) is 30.1 Å². The zero-order valence-corrected chi connectivity index (χ0v) is 12.7. The molecule has 0 fully saturated rings. The van der Waals surface area contributed by atoms with E-state index in [0.29, 0.717) is 5.92 Å². The number of rotatable bonds is 9. The molecule has 2 heteroatoms. The van der Waals surface area contributed by atoms with Crippen molar-refractivity contribution in [1.29, 1.82) is 0 Å². The Morgan fingerprint density at radius 1 is 1.21 bits per heavy atom. The number of unbranched alkanes of at least 4 members (excludes halogenated alkanes) is 4. The van der Waals surface area contributed by atoms with Crippen LogP contribution in [-0.4, -0.2) is 10.1 Å². The topological polar surface area (TPSA) is 33.1 Å². The summed E-state index contributed by atoms with van der Waals surface area (Å²) in [5.74, 6) is 0.487. The molecule has 1 rings (SSSR count). The number of pyridine rings is 1. The van der Waals surface area contributed by atoms with Crippen LogP contribution >= 0.6 is 0 Å². The van der Waals surface area contributed by atoms with E-state index >= 15 is 0 Å². The fourth-order valence-electron chi connectivity index (χ4n) is 2.70. The molecule has 19 heavy (non-hydrogen) atoms. The van der Waals surface area contributed by atoms with Crippen molar-refractivity contribution in [3.8, 4) is 0 Å². The van der Waals surface area contributed by atoms with Crippen molar-refractivity contribution in [1.82, 2.24) is 4.98 Å². The molecule has 0 aliphatic rings. The lowest BCUT2D eigenvalue weighted by molar-refractivity contribution is 0.00389. The van der Waals surface area contributed by atoms with E-state index in [1.807, 2.05) is 18.3 Å². The molecule has 1 aromatic rings. The molecular formula is C17H29NO. The fourth-order valence-corrected chi connectivity index (χ4v) is 2.70. The fraction of sp³-hybridized carbons (Fsp3) is 0.706. The molecule has 2 nitrogen and oxygen atoms in total. The summed E-state index contributed by atoms with van der Waals surface area (Å²) in [6, 6.07) is 3.92. The Labute approximate surface area is 118 Å². The van der Waals surface area contributed by atoms with Gasteiger partial charge in [-0.1, -0.05) is 58.9 Å². The highest BCUT2D eigenvalue weighted by atomic mass is 16.3. The van der Waals surface area contributed by atoms with Crippen LogP contribution in [0.15, 0.2) is 24.5 Å². The lowest BCUT2D eigenvalue weighted by Crippen LogP contribution is -2.28. The van der Waals surface area contributed by atoms with Gasteiger partial charge in [-0.25, -0.2) is 0 Å². The van der Waals surface area contributed by atoms with Gasteiger partial charge in [-0.15, -0.1) is 0 Å². The second-order valence-electron chi connectivity index (χ2n) is 6.04. The summed E-state index contributed by atoms with van der Waals surface area (Å²) in [6.07, 6.45) is 11.4. The molecule has 0 aliphatic heterocycles. The molecule has 0 aliphatic carbocycles. The van der Waals surface area contributed by atoms with Crippen LogP contribution in [0.3, 0.4) is 0 Å². The number of nitrogens with zero attached hydrogens (tertiary/aromatic N) is 1. The minimum absolute atomic E-state index is 0.487. The van der Waals surface area contributed by atoms with Gasteiger partial charge in [-0.2, -0.15) is 0 Å². The lowest BCUT2D eigenvalue weighted by atomic mass is 9.82. The van der Waals surface area contributed by atoms with Gasteiger partial charge in [-0.3, -0.25) is 4.98 Å². The van der Waals surface area contributed by atoms with Crippen molar-refractivity contribution >= 4 is 0 Å². The number of hydrogen-bond acceptors (Lipinski definition) is 2. The van der Waals surface area contributed by atoms with Crippen LogP contribution in [0.1, 0.15) is 71.3 Å². The van der Waals surface area contributed by atoms with Crippen molar-refractivity contribution in [2.24, 2.45) is 5.92 Å². The first kappa shape index (κ1) is 16.2. The van der Waals surface area contributed by atoms with Crippen LogP contribution in [0.4, 0.5) is 0 Å². The van der Waals surface area contributed by atoms with Crippen LogP contribution in [-0.2, 0) is 5.60 Å². The summed E-state index contributed by atoms with van der Waals surface area (Å²) >= 11 is 0. The third-order valence-corrected chi connectivity index (χ3v) is 3.64. The SMILES string of the molecule is CCCCCCCC(O)(CC(C)C)c1cccnc1. The monoisotopic (exact) mass is 263 g/mol. The number of hydrogen-bond donors (Lipinski definition) is 1. The molecule has 0 bridgehead atoms. The van der Waals surface area contributed by atoms with Gasteiger partial charge in [0.15, 0.2) is 0 Å². The van der Waals surface area contributed by atoms with Crippen LogP contribution in [0.2, 0.25) is 0 Å². The summed E-state index contributed by atoms with van der Waals surface area (Å²) in [5, 5.41) is 11.0. The first-order valence-electron chi connectivity index (χ1n) is 7.71. The van der Waals surface area contributed by atoms with Crippen LogP contribution in [0, 0.1) is 5.92 Å². The Morgan fingerprint density at radius 3 is 2.53 bits per heavy atom. The molecule has 1 unspecified atom stereocenters. The molecule has 1 aromatic heterocycles. The van der Waals surface area contributed by atoms with E-state index in [1.165, 1.54) is 25.7 Å². The van der Waals surface area contributed by atoms with Crippen LogP contribution in [0.5, 0.6) is 0 Å². The van der Waals surface area contributed by atoms with Gasteiger partial charge >= 0.3 is 0 Å². The van der Waals surface area contributed by atoms with E-state index in [2.05, 4.69) is 25.8 Å². The van der Waals surface area contributed by atoms with Crippen molar-refractivity contribution in [2.75, 3.05) is 0 Å². The van der Waals surface area contributed by atoms with Gasteiger partial charge in [0.05, 0.1) is 5.60 Å². The van der Waals surface area contributed by atoms with Gasteiger partial charge < -0.3 is 5.11 Å². The van der Waals surface area contributed by atoms with E-state index in [-0.39, 0.29) is 0 Å². The van der Waals surface area contributed by atoms with Gasteiger partial charge in [0.25, 0.3) is 0 Å². The minimum Gasteiger partial charge on any atom is -0.385 e. The Kier molecular flexibility index (Phi) is 7.07. The summed E-state index contributed by atoms with van der Waals surface area (Å²) in [6.45, 7) is 6.56. The molecule has 0 saturated heterocycles. The maximum absolute atomic E-state index is 11.0. The highest BCUT2D eigenvalue weighted by Gasteiger charge is 2.29. The van der Waals surface area contributed by atoms with E-state index in [1.54, 1.807) is 6.20 Å². The van der Waals surface area contributed by atoms with Crippen LogP contribution < -0.4 is 0 Å². The zero-order valence-electron chi connectivity index (χ0n) is 12.7. The van der Waals surface area contributed by atoms with Crippen molar-refractivity contribution in [2.45, 2.75) is 71.3 Å². The minimum atomic E-state index is -0.700. The molecule has 108 valence electrons. The van der Waals surface area contributed by atoms with Crippen molar-refractivity contribution in [3.63, 3.8) is 0 Å². The Morgan fingerprint density at radius 2 is 1.95 bits per heavy atom. The standard InChI is InChI=1S/C17H29NO/c1-4-5-6-7-8-11-17(19,13-15(2)3)16-10-9-12-18-14-16/h9-10,12,14-15,19H,4-8,11,13H2,1-3H3. The second kappa shape index (κ2) is 8.31. The highest BCUT2D eigenvalue weighted by molar-refractivity contribution is 5.18. The second-order valence-corrected chi connectivity index (χ2v) is 6.04. The molecule has 1 heterocycles. The maximum atomic E-state index is 11.0. The summed E-state index contributed by atoms with van der Waals surface area (Å²) in [5.41, 5.74) is 0.272. The summed E-state index contributed by atoms with van der Waals surface area (Å²) in [4.78, 5) is 4.16. The predicted octanol–water partition coefficient (Wildman–Crippen LogP) is 4.68. The van der Waals surface area contributed by atoms with Gasteiger partial charge in [0.2, 0.25) is 0 Å². The molecule has 1 atom stereocenters. The van der Waals surface area contributed by atoms with E-state index in [4.69, 9.17) is 0 Å². The van der Waals surface area contributed by atoms with Gasteiger partial charge in [0, 0.05) is 18.0 Å². The molecule has 0 amide bonds. The number of aliphatic hydroxyl groups is 1. The molecule has 0 spiro atoms. The van der Waals surface area contributed by atoms with E-state index in [9.17, 15) is 5.11 Å². The van der Waals surface area contributed by atoms with E-state index in [0.717, 1.165) is 24.8 Å². The molecule has 0 aromatic carbocycles. The normalized spacial score (nSPS) is 14.6. The highest BCUT2D eigenvalue weighted by Crippen LogP contribution is 2.33. The molecule has 0 radical (unpaired) electrons. The number of aromatic nitrogens is 1. The summed E-state index contributed by atoms with van der Waals surface area (Å²) < 4.78 is 0. The third kappa shape index (κ3) is 5.73. The Balaban J connectivity index is 2.60. The molecule has 1 N–H and O–H groups in total. The molecular weight excluding hydrogens is 234 g/mol. The predicted molar refractivity (Wildman–Crippen MR) is 81.0 cm³/mol. The van der Waals surface area contributed by atoms with Gasteiger partial charge in [0.1, 0.15) is 0 Å². The van der Waals surface area contributed by atoms with Crippen LogP contribution in [0.25, 0.3) is 0 Å². The Hall–Kier alpha value is -0.890. The zero-order chi connectivity index (χ0) is 14.1. The lowest BCUT2D eigenvalue weighted by Gasteiger charge is -2.30. The average molecular weight is 263 g/mol. The summed E-state index contributed by atoms with van der Waals surface area (Å²) in [7, 11) is 0. The quantitative estimate of drug-likeness (QED) is 0.656. The largest absolute Gasteiger partial charge is 0.385 e.